The summed E-state index contributed by atoms with van der Waals surface area (Å²) in [6, 6.07) is 5.82. The first kappa shape index (κ1) is 12.7. The second-order valence-electron chi connectivity index (χ2n) is 4.44. The van der Waals surface area contributed by atoms with Crippen LogP contribution in [0.2, 0.25) is 5.02 Å². The summed E-state index contributed by atoms with van der Waals surface area (Å²) >= 11 is 11.4. The Balaban J connectivity index is 2.04. The van der Waals surface area contributed by atoms with Crippen molar-refractivity contribution in [2.45, 2.75) is 26.2 Å². The fourth-order valence-corrected chi connectivity index (χ4v) is 2.48. The molecule has 0 saturated carbocycles. The van der Waals surface area contributed by atoms with E-state index in [2.05, 4.69) is 17.1 Å². The maximum Gasteiger partial charge on any atom is 0.173 e. The number of likely N-dealkylation sites (tertiary alicyclic amines) is 1. The Labute approximate surface area is 113 Å². The molecule has 92 valence electrons. The maximum absolute atomic E-state index is 5.99. The average Bonchev–Trinajstić information content (AvgIpc) is 2.35. The highest BCUT2D eigenvalue weighted by atomic mass is 35.5. The number of nitrogens with zero attached hydrogens (tertiary/aromatic N) is 1. The fourth-order valence-electron chi connectivity index (χ4n) is 2.02. The molecule has 17 heavy (non-hydrogen) atoms. The predicted octanol–water partition coefficient (Wildman–Crippen LogP) is 3.83. The van der Waals surface area contributed by atoms with Crippen molar-refractivity contribution in [1.29, 1.82) is 0 Å². The van der Waals surface area contributed by atoms with Crippen molar-refractivity contribution in [3.8, 4) is 0 Å². The molecule has 1 heterocycles. The van der Waals surface area contributed by atoms with E-state index in [9.17, 15) is 0 Å². The van der Waals surface area contributed by atoms with Crippen LogP contribution in [0.4, 0.5) is 5.69 Å². The molecule has 0 aliphatic carbocycles. The molecular weight excluding hydrogens is 252 g/mol. The van der Waals surface area contributed by atoms with E-state index >= 15 is 0 Å². The average molecular weight is 269 g/mol. The molecule has 0 unspecified atom stereocenters. The smallest absolute Gasteiger partial charge is 0.173 e. The molecule has 0 radical (unpaired) electrons. The molecule has 4 heteroatoms. The number of benzene rings is 1. The zero-order valence-electron chi connectivity index (χ0n) is 10.0. The second kappa shape index (κ2) is 5.69. The second-order valence-corrected chi connectivity index (χ2v) is 5.26. The Morgan fingerprint density at radius 1 is 1.29 bits per heavy atom. The lowest BCUT2D eigenvalue weighted by atomic mass is 10.1. The van der Waals surface area contributed by atoms with Gasteiger partial charge in [-0.2, -0.15) is 0 Å². The SMILES string of the molecule is Cc1ccc(Cl)cc1NC(=S)N1CCCCC1. The first-order valence-corrected chi connectivity index (χ1v) is 6.77. The minimum atomic E-state index is 0.736. The van der Waals surface area contributed by atoms with Gasteiger partial charge >= 0.3 is 0 Å². The largest absolute Gasteiger partial charge is 0.349 e. The summed E-state index contributed by atoms with van der Waals surface area (Å²) < 4.78 is 0. The standard InChI is InChI=1S/C13H17ClN2S/c1-10-5-6-11(14)9-12(10)15-13(17)16-7-3-2-4-8-16/h5-6,9H,2-4,7-8H2,1H3,(H,15,17). The van der Waals surface area contributed by atoms with E-state index < -0.39 is 0 Å². The Morgan fingerprint density at radius 3 is 2.71 bits per heavy atom. The summed E-state index contributed by atoms with van der Waals surface area (Å²) in [4.78, 5) is 2.24. The van der Waals surface area contributed by atoms with E-state index in [1.165, 1.54) is 19.3 Å². The van der Waals surface area contributed by atoms with Crippen LogP contribution in [-0.2, 0) is 0 Å². The first-order chi connectivity index (χ1) is 8.16. The summed E-state index contributed by atoms with van der Waals surface area (Å²) in [7, 11) is 0. The molecule has 1 N–H and O–H groups in total. The van der Waals surface area contributed by atoms with Crippen molar-refractivity contribution in [3.63, 3.8) is 0 Å². The van der Waals surface area contributed by atoms with Gasteiger partial charge in [0.25, 0.3) is 0 Å². The molecule has 0 aromatic heterocycles. The molecule has 0 amide bonds. The lowest BCUT2D eigenvalue weighted by molar-refractivity contribution is 0.346. The zero-order chi connectivity index (χ0) is 12.3. The van der Waals surface area contributed by atoms with Crippen LogP contribution in [0, 0.1) is 6.92 Å². The molecule has 0 spiro atoms. The number of nitrogens with one attached hydrogen (secondary N) is 1. The molecule has 1 aliphatic rings. The van der Waals surface area contributed by atoms with Crippen molar-refractivity contribution in [2.75, 3.05) is 18.4 Å². The van der Waals surface area contributed by atoms with E-state index in [0.29, 0.717) is 0 Å². The van der Waals surface area contributed by atoms with E-state index in [1.54, 1.807) is 0 Å². The van der Waals surface area contributed by atoms with Gasteiger partial charge in [0.15, 0.2) is 5.11 Å². The number of thiocarbonyl (C=S) groups is 1. The molecule has 2 rings (SSSR count). The number of anilines is 1. The van der Waals surface area contributed by atoms with Crippen LogP contribution in [0.5, 0.6) is 0 Å². The summed E-state index contributed by atoms with van der Waals surface area (Å²) in [5.41, 5.74) is 2.17. The quantitative estimate of drug-likeness (QED) is 0.780. The molecule has 1 saturated heterocycles. The van der Waals surface area contributed by atoms with E-state index in [-0.39, 0.29) is 0 Å². The van der Waals surface area contributed by atoms with Gasteiger partial charge in [0, 0.05) is 23.8 Å². The van der Waals surface area contributed by atoms with Crippen molar-refractivity contribution >= 4 is 34.6 Å². The van der Waals surface area contributed by atoms with E-state index in [1.807, 2.05) is 18.2 Å². The monoisotopic (exact) mass is 268 g/mol. The summed E-state index contributed by atoms with van der Waals surface area (Å²) in [5.74, 6) is 0. The highest BCUT2D eigenvalue weighted by Gasteiger charge is 2.13. The van der Waals surface area contributed by atoms with Crippen molar-refractivity contribution in [1.82, 2.24) is 4.90 Å². The molecule has 1 aromatic carbocycles. The number of piperidine rings is 1. The molecule has 1 aliphatic heterocycles. The van der Waals surface area contributed by atoms with Crippen molar-refractivity contribution < 1.29 is 0 Å². The molecule has 1 aromatic rings. The Kier molecular flexibility index (Phi) is 4.24. The third kappa shape index (κ3) is 3.33. The number of hydrogen-bond acceptors (Lipinski definition) is 1. The Bertz CT molecular complexity index is 414. The summed E-state index contributed by atoms with van der Waals surface area (Å²) in [5, 5.41) is 4.84. The molecule has 0 atom stereocenters. The Hall–Kier alpha value is -0.800. The van der Waals surface area contributed by atoms with E-state index in [0.717, 1.165) is 34.5 Å². The minimum absolute atomic E-state index is 0.736. The number of rotatable bonds is 1. The molecular formula is C13H17ClN2S. The highest BCUT2D eigenvalue weighted by Crippen LogP contribution is 2.21. The molecule has 0 bridgehead atoms. The highest BCUT2D eigenvalue weighted by molar-refractivity contribution is 7.80. The van der Waals surface area contributed by atoms with E-state index in [4.69, 9.17) is 23.8 Å². The van der Waals surface area contributed by atoms with Crippen LogP contribution in [-0.4, -0.2) is 23.1 Å². The number of aryl methyl sites for hydroxylation is 1. The lowest BCUT2D eigenvalue weighted by Crippen LogP contribution is -2.38. The van der Waals surface area contributed by atoms with Gasteiger partial charge in [-0.3, -0.25) is 0 Å². The van der Waals surface area contributed by atoms with Gasteiger partial charge in [-0.25, -0.2) is 0 Å². The van der Waals surface area contributed by atoms with Gasteiger partial charge in [-0.1, -0.05) is 17.7 Å². The van der Waals surface area contributed by atoms with Gasteiger partial charge < -0.3 is 10.2 Å². The number of halogens is 1. The normalized spacial score (nSPS) is 15.8. The van der Waals surface area contributed by atoms with Crippen LogP contribution >= 0.6 is 23.8 Å². The van der Waals surface area contributed by atoms with Crippen LogP contribution in [0.3, 0.4) is 0 Å². The summed E-state index contributed by atoms with van der Waals surface area (Å²) in [6.07, 6.45) is 3.78. The fraction of sp³-hybridized carbons (Fsp3) is 0.462. The third-order valence-electron chi connectivity index (χ3n) is 3.08. The first-order valence-electron chi connectivity index (χ1n) is 5.99. The Morgan fingerprint density at radius 2 is 2.00 bits per heavy atom. The lowest BCUT2D eigenvalue weighted by Gasteiger charge is -2.29. The van der Waals surface area contributed by atoms with Gasteiger partial charge in [-0.05, 0) is 56.1 Å². The van der Waals surface area contributed by atoms with Crippen molar-refractivity contribution in [3.05, 3.63) is 28.8 Å². The minimum Gasteiger partial charge on any atom is -0.349 e. The van der Waals surface area contributed by atoms with Crippen LogP contribution in [0.25, 0.3) is 0 Å². The number of hydrogen-bond donors (Lipinski definition) is 1. The van der Waals surface area contributed by atoms with Crippen molar-refractivity contribution in [2.24, 2.45) is 0 Å². The zero-order valence-corrected chi connectivity index (χ0v) is 11.6. The summed E-state index contributed by atoms with van der Waals surface area (Å²) in [6.45, 7) is 4.17. The van der Waals surface area contributed by atoms with Crippen LogP contribution in [0.1, 0.15) is 24.8 Å². The maximum atomic E-state index is 5.99. The predicted molar refractivity (Wildman–Crippen MR) is 77.8 cm³/mol. The van der Waals surface area contributed by atoms with Crippen LogP contribution < -0.4 is 5.32 Å². The molecule has 2 nitrogen and oxygen atoms in total. The van der Waals surface area contributed by atoms with Crippen LogP contribution in [0.15, 0.2) is 18.2 Å². The third-order valence-corrected chi connectivity index (χ3v) is 3.68. The van der Waals surface area contributed by atoms with Gasteiger partial charge in [0.2, 0.25) is 0 Å². The van der Waals surface area contributed by atoms with Gasteiger partial charge in [0.05, 0.1) is 0 Å². The molecule has 1 fully saturated rings. The topological polar surface area (TPSA) is 15.3 Å². The van der Waals surface area contributed by atoms with Gasteiger partial charge in [0.1, 0.15) is 0 Å². The van der Waals surface area contributed by atoms with Gasteiger partial charge in [-0.15, -0.1) is 0 Å².